The van der Waals surface area contributed by atoms with Crippen LogP contribution in [0.15, 0.2) is 41.4 Å². The molecule has 1 N–H and O–H groups in total. The van der Waals surface area contributed by atoms with E-state index in [0.717, 1.165) is 31.7 Å². The first-order valence-electron chi connectivity index (χ1n) is 7.99. The van der Waals surface area contributed by atoms with Gasteiger partial charge in [-0.3, -0.25) is 4.72 Å². The number of hydrogen-bond acceptors (Lipinski definition) is 6. The molecular formula is C17H21N3O4S. The van der Waals surface area contributed by atoms with Gasteiger partial charge in [-0.1, -0.05) is 0 Å². The molecule has 0 atom stereocenters. The molecule has 0 saturated carbocycles. The van der Waals surface area contributed by atoms with E-state index in [9.17, 15) is 8.42 Å². The van der Waals surface area contributed by atoms with Gasteiger partial charge in [-0.15, -0.1) is 0 Å². The molecule has 2 heterocycles. The van der Waals surface area contributed by atoms with E-state index in [1.165, 1.54) is 32.5 Å². The van der Waals surface area contributed by atoms with Crippen molar-refractivity contribution in [1.82, 2.24) is 4.98 Å². The first kappa shape index (κ1) is 17.3. The van der Waals surface area contributed by atoms with Gasteiger partial charge in [0.25, 0.3) is 10.0 Å². The van der Waals surface area contributed by atoms with E-state index in [1.54, 1.807) is 12.1 Å². The van der Waals surface area contributed by atoms with E-state index in [4.69, 9.17) is 9.47 Å². The van der Waals surface area contributed by atoms with E-state index >= 15 is 0 Å². The number of methoxy groups -OCH3 is 2. The summed E-state index contributed by atoms with van der Waals surface area (Å²) in [6, 6.07) is 8.10. The third-order valence-corrected chi connectivity index (χ3v) is 5.51. The second kappa shape index (κ2) is 7.18. The van der Waals surface area contributed by atoms with Gasteiger partial charge in [0.2, 0.25) is 0 Å². The van der Waals surface area contributed by atoms with Crippen LogP contribution in [0.5, 0.6) is 11.5 Å². The minimum Gasteiger partial charge on any atom is -0.497 e. The quantitative estimate of drug-likeness (QED) is 0.849. The SMILES string of the molecule is COc1ccc(S(=O)(=O)Nc2ccc(N3CCCC3)nc2)c(OC)c1. The monoisotopic (exact) mass is 363 g/mol. The summed E-state index contributed by atoms with van der Waals surface area (Å²) in [4.78, 5) is 6.58. The van der Waals surface area contributed by atoms with E-state index in [1.807, 2.05) is 6.07 Å². The van der Waals surface area contributed by atoms with Crippen LogP contribution in [0.1, 0.15) is 12.8 Å². The molecule has 0 radical (unpaired) electrons. The minimum atomic E-state index is -3.80. The molecule has 0 aliphatic carbocycles. The molecule has 8 heteroatoms. The first-order chi connectivity index (χ1) is 12.0. The topological polar surface area (TPSA) is 80.8 Å². The number of anilines is 2. The van der Waals surface area contributed by atoms with Crippen LogP contribution in [0.3, 0.4) is 0 Å². The van der Waals surface area contributed by atoms with Crippen LogP contribution in [0.4, 0.5) is 11.5 Å². The Morgan fingerprint density at radius 3 is 2.44 bits per heavy atom. The largest absolute Gasteiger partial charge is 0.497 e. The highest BCUT2D eigenvalue weighted by Gasteiger charge is 2.21. The molecule has 1 saturated heterocycles. The summed E-state index contributed by atoms with van der Waals surface area (Å²) >= 11 is 0. The Hall–Kier alpha value is -2.48. The molecule has 0 bridgehead atoms. The van der Waals surface area contributed by atoms with Crippen molar-refractivity contribution >= 4 is 21.5 Å². The van der Waals surface area contributed by atoms with E-state index < -0.39 is 10.0 Å². The van der Waals surface area contributed by atoms with Crippen molar-refractivity contribution in [1.29, 1.82) is 0 Å². The van der Waals surface area contributed by atoms with Crippen LogP contribution in [0.2, 0.25) is 0 Å². The van der Waals surface area contributed by atoms with Crippen LogP contribution < -0.4 is 19.1 Å². The van der Waals surface area contributed by atoms with E-state index in [2.05, 4.69) is 14.6 Å². The van der Waals surface area contributed by atoms with Gasteiger partial charge in [0.15, 0.2) is 0 Å². The molecule has 1 aliphatic rings. The lowest BCUT2D eigenvalue weighted by molar-refractivity contribution is 0.386. The van der Waals surface area contributed by atoms with Crippen LogP contribution in [0, 0.1) is 0 Å². The Bertz CT molecular complexity index is 831. The Kier molecular flexibility index (Phi) is 4.98. The van der Waals surface area contributed by atoms with Crippen LogP contribution in [-0.2, 0) is 10.0 Å². The predicted molar refractivity (Wildman–Crippen MR) is 96.0 cm³/mol. The number of sulfonamides is 1. The lowest BCUT2D eigenvalue weighted by Gasteiger charge is -2.17. The number of benzene rings is 1. The molecular weight excluding hydrogens is 342 g/mol. The third kappa shape index (κ3) is 3.79. The maximum Gasteiger partial charge on any atom is 0.265 e. The predicted octanol–water partition coefficient (Wildman–Crippen LogP) is 2.50. The van der Waals surface area contributed by atoms with Gasteiger partial charge >= 0.3 is 0 Å². The summed E-state index contributed by atoms with van der Waals surface area (Å²) in [6.45, 7) is 1.97. The van der Waals surface area contributed by atoms with E-state index in [0.29, 0.717) is 11.4 Å². The molecule has 1 aliphatic heterocycles. The summed E-state index contributed by atoms with van der Waals surface area (Å²) in [5.74, 6) is 1.60. The maximum atomic E-state index is 12.7. The zero-order valence-corrected chi connectivity index (χ0v) is 15.0. The maximum absolute atomic E-state index is 12.7. The smallest absolute Gasteiger partial charge is 0.265 e. The van der Waals surface area contributed by atoms with Crippen molar-refractivity contribution in [3.63, 3.8) is 0 Å². The lowest BCUT2D eigenvalue weighted by Crippen LogP contribution is -2.19. The number of nitrogens with zero attached hydrogens (tertiary/aromatic N) is 2. The average molecular weight is 363 g/mol. The number of ether oxygens (including phenoxy) is 2. The third-order valence-electron chi connectivity index (χ3n) is 4.09. The van der Waals surface area contributed by atoms with Gasteiger partial charge in [-0.05, 0) is 37.1 Å². The Morgan fingerprint density at radius 1 is 1.08 bits per heavy atom. The summed E-state index contributed by atoms with van der Waals surface area (Å²) < 4.78 is 38.1. The van der Waals surface area contributed by atoms with Gasteiger partial charge in [-0.2, -0.15) is 0 Å². The molecule has 25 heavy (non-hydrogen) atoms. The van der Waals surface area contributed by atoms with Crippen molar-refractivity contribution in [2.45, 2.75) is 17.7 Å². The summed E-state index contributed by atoms with van der Waals surface area (Å²) in [6.07, 6.45) is 3.85. The van der Waals surface area contributed by atoms with Crippen molar-refractivity contribution in [3.8, 4) is 11.5 Å². The second-order valence-electron chi connectivity index (χ2n) is 5.72. The fourth-order valence-corrected chi connectivity index (χ4v) is 3.98. The van der Waals surface area contributed by atoms with E-state index in [-0.39, 0.29) is 10.6 Å². The van der Waals surface area contributed by atoms with Gasteiger partial charge in [0.1, 0.15) is 22.2 Å². The van der Waals surface area contributed by atoms with Gasteiger partial charge in [-0.25, -0.2) is 13.4 Å². The summed E-state index contributed by atoms with van der Waals surface area (Å²) in [5, 5.41) is 0. The molecule has 0 amide bonds. The highest BCUT2D eigenvalue weighted by molar-refractivity contribution is 7.92. The molecule has 0 spiro atoms. The number of pyridine rings is 1. The first-order valence-corrected chi connectivity index (χ1v) is 9.47. The molecule has 0 unspecified atom stereocenters. The minimum absolute atomic E-state index is 0.0411. The van der Waals surface area contributed by atoms with Crippen LogP contribution in [0.25, 0.3) is 0 Å². The highest BCUT2D eigenvalue weighted by atomic mass is 32.2. The summed E-state index contributed by atoms with van der Waals surface area (Å²) in [5.41, 5.74) is 0.404. The fourth-order valence-electron chi connectivity index (χ4n) is 2.79. The van der Waals surface area contributed by atoms with Gasteiger partial charge in [0, 0.05) is 19.2 Å². The molecule has 1 aromatic heterocycles. The Morgan fingerprint density at radius 2 is 1.84 bits per heavy atom. The average Bonchev–Trinajstić information content (AvgIpc) is 3.16. The standard InChI is InChI=1S/C17H21N3O4S/c1-23-14-6-7-16(15(11-14)24-2)25(21,22)19-13-5-8-17(18-12-13)20-9-3-4-10-20/h5-8,11-12,19H,3-4,9-10H2,1-2H3. The number of hydrogen-bond donors (Lipinski definition) is 1. The van der Waals surface area contributed by atoms with Crippen molar-refractivity contribution < 1.29 is 17.9 Å². The zero-order chi connectivity index (χ0) is 17.9. The highest BCUT2D eigenvalue weighted by Crippen LogP contribution is 2.30. The molecule has 134 valence electrons. The fraction of sp³-hybridized carbons (Fsp3) is 0.353. The number of aromatic nitrogens is 1. The normalized spacial score (nSPS) is 14.4. The Balaban J connectivity index is 1.81. The molecule has 1 fully saturated rings. The van der Waals surface area contributed by atoms with Crippen molar-refractivity contribution in [2.24, 2.45) is 0 Å². The zero-order valence-electron chi connectivity index (χ0n) is 14.2. The molecule has 7 nitrogen and oxygen atoms in total. The lowest BCUT2D eigenvalue weighted by atomic mass is 10.3. The van der Waals surface area contributed by atoms with Crippen LogP contribution in [-0.4, -0.2) is 40.7 Å². The Labute approximate surface area is 147 Å². The van der Waals surface area contributed by atoms with Crippen LogP contribution >= 0.6 is 0 Å². The molecule has 2 aromatic rings. The van der Waals surface area contributed by atoms with Gasteiger partial charge < -0.3 is 14.4 Å². The van der Waals surface area contributed by atoms with Crippen molar-refractivity contribution in [2.75, 3.05) is 36.9 Å². The molecule has 3 rings (SSSR count). The summed E-state index contributed by atoms with van der Waals surface area (Å²) in [7, 11) is -0.872. The number of nitrogens with one attached hydrogen (secondary N) is 1. The number of rotatable bonds is 6. The molecule has 1 aromatic carbocycles. The second-order valence-corrected chi connectivity index (χ2v) is 7.37. The van der Waals surface area contributed by atoms with Gasteiger partial charge in [0.05, 0.1) is 26.1 Å². The van der Waals surface area contributed by atoms with Crippen molar-refractivity contribution in [3.05, 3.63) is 36.5 Å².